The molecule has 0 aliphatic carbocycles. The largest absolute Gasteiger partial charge is 0.462 e. The van der Waals surface area contributed by atoms with Crippen molar-refractivity contribution in [3.63, 3.8) is 0 Å². The Balaban J connectivity index is 4.62. The van der Waals surface area contributed by atoms with Gasteiger partial charge < -0.3 is 14.2 Å². The SMILES string of the molecule is CC\C=C/C=C\C=C/C=C\C=C/CCCCCC(=O)OC(COC(=O)CC/C=C\C/C=C\C/C=C\C/C=C\C/C=C\C/C=C\CC)COC(=O)CCCCCCCCC/C=C\C/C=C\CC. The molecule has 0 bridgehead atoms. The molecule has 0 N–H and O–H groups in total. The standard InChI is InChI=1S/C60H90O6/c1-4-7-10-13-16-19-22-25-28-29-30-31-33-35-38-41-44-47-50-53-59(62)65-56-57(55-64-58(61)52-49-46-43-40-37-34-27-24-21-18-15-12-9-6-3)66-60(63)54-51-48-45-42-39-36-32-26-23-20-17-14-11-8-5-2/h7-12,14,16-21,23,25-26,28,30-32,35-36,38-39,44,47,57H,4-6,13,15,22,24,27,29,33-34,37,40-43,45-46,48-56H2,1-3H3/b10-7-,11-8-,12-9-,17-14-,19-16-,21-18-,23-20-,28-25-,31-30-,32-26-,38-35-,39-36-,47-44-. The molecule has 0 amide bonds. The van der Waals surface area contributed by atoms with Crippen molar-refractivity contribution in [1.29, 1.82) is 0 Å². The minimum Gasteiger partial charge on any atom is -0.462 e. The third kappa shape index (κ3) is 50.0. The van der Waals surface area contributed by atoms with Gasteiger partial charge in [0.1, 0.15) is 13.2 Å². The van der Waals surface area contributed by atoms with Gasteiger partial charge in [0.15, 0.2) is 6.10 Å². The summed E-state index contributed by atoms with van der Waals surface area (Å²) in [5.41, 5.74) is 0. The lowest BCUT2D eigenvalue weighted by Crippen LogP contribution is -2.30. The summed E-state index contributed by atoms with van der Waals surface area (Å²) in [7, 11) is 0. The van der Waals surface area contributed by atoms with Gasteiger partial charge in [-0.15, -0.1) is 0 Å². The van der Waals surface area contributed by atoms with E-state index in [4.69, 9.17) is 14.2 Å². The maximum absolute atomic E-state index is 12.8. The van der Waals surface area contributed by atoms with Crippen LogP contribution in [0.1, 0.15) is 181 Å². The number of allylic oxidation sites excluding steroid dienone is 26. The molecule has 0 aromatic heterocycles. The molecule has 0 saturated carbocycles. The number of carbonyl (C=O) groups is 3. The highest BCUT2D eigenvalue weighted by molar-refractivity contribution is 5.71. The first kappa shape index (κ1) is 61.0. The summed E-state index contributed by atoms with van der Waals surface area (Å²) in [5, 5.41) is 0. The molecule has 1 atom stereocenters. The predicted octanol–water partition coefficient (Wildman–Crippen LogP) is 17.0. The second-order valence-electron chi connectivity index (χ2n) is 16.1. The minimum absolute atomic E-state index is 0.131. The van der Waals surface area contributed by atoms with Crippen LogP contribution in [0.2, 0.25) is 0 Å². The van der Waals surface area contributed by atoms with Crippen molar-refractivity contribution in [2.45, 2.75) is 187 Å². The molecule has 0 spiro atoms. The molecule has 0 aliphatic heterocycles. The van der Waals surface area contributed by atoms with Crippen LogP contribution in [-0.4, -0.2) is 37.2 Å². The van der Waals surface area contributed by atoms with Crippen LogP contribution < -0.4 is 0 Å². The molecule has 366 valence electrons. The molecule has 0 rings (SSSR count). The summed E-state index contributed by atoms with van der Waals surface area (Å²) < 4.78 is 16.7. The minimum atomic E-state index is -0.842. The molecular formula is C60H90O6. The summed E-state index contributed by atoms with van der Waals surface area (Å²) in [4.78, 5) is 38.0. The Bertz CT molecular complexity index is 1560. The van der Waals surface area contributed by atoms with Crippen LogP contribution >= 0.6 is 0 Å². The number of hydrogen-bond donors (Lipinski definition) is 0. The quantitative estimate of drug-likeness (QED) is 0.0199. The first-order valence-corrected chi connectivity index (χ1v) is 25.6. The zero-order valence-electron chi connectivity index (χ0n) is 41.6. The van der Waals surface area contributed by atoms with Crippen LogP contribution in [0.4, 0.5) is 0 Å². The van der Waals surface area contributed by atoms with E-state index in [-0.39, 0.29) is 44.0 Å². The lowest BCUT2D eigenvalue weighted by Gasteiger charge is -2.18. The molecule has 0 aliphatic rings. The van der Waals surface area contributed by atoms with Crippen molar-refractivity contribution in [2.75, 3.05) is 13.2 Å². The Kier molecular flexibility index (Phi) is 48.7. The number of unbranched alkanes of at least 4 members (excludes halogenated alkanes) is 10. The van der Waals surface area contributed by atoms with Gasteiger partial charge in [-0.3, -0.25) is 14.4 Å². The van der Waals surface area contributed by atoms with Gasteiger partial charge in [-0.2, -0.15) is 0 Å². The number of esters is 3. The summed E-state index contributed by atoms with van der Waals surface area (Å²) >= 11 is 0. The van der Waals surface area contributed by atoms with Gasteiger partial charge in [-0.25, -0.2) is 0 Å². The maximum Gasteiger partial charge on any atom is 0.306 e. The number of ether oxygens (including phenoxy) is 3. The zero-order valence-corrected chi connectivity index (χ0v) is 41.6. The molecule has 6 heteroatoms. The summed E-state index contributed by atoms with van der Waals surface area (Å²) in [6, 6.07) is 0. The van der Waals surface area contributed by atoms with Crippen molar-refractivity contribution in [3.8, 4) is 0 Å². The van der Waals surface area contributed by atoms with Gasteiger partial charge in [0.05, 0.1) is 0 Å². The Labute approximate surface area is 403 Å². The normalized spacial score (nSPS) is 13.4. The lowest BCUT2D eigenvalue weighted by atomic mass is 10.1. The second kappa shape index (κ2) is 52.7. The molecule has 6 nitrogen and oxygen atoms in total. The molecule has 0 heterocycles. The lowest BCUT2D eigenvalue weighted by molar-refractivity contribution is -0.166. The van der Waals surface area contributed by atoms with Gasteiger partial charge in [0, 0.05) is 19.3 Å². The van der Waals surface area contributed by atoms with E-state index in [1.54, 1.807) is 0 Å². The van der Waals surface area contributed by atoms with Crippen molar-refractivity contribution in [1.82, 2.24) is 0 Å². The van der Waals surface area contributed by atoms with Gasteiger partial charge in [-0.1, -0.05) is 217 Å². The van der Waals surface area contributed by atoms with Crippen molar-refractivity contribution >= 4 is 17.9 Å². The second-order valence-corrected chi connectivity index (χ2v) is 16.1. The first-order valence-electron chi connectivity index (χ1n) is 25.6. The van der Waals surface area contributed by atoms with E-state index in [2.05, 4.69) is 118 Å². The van der Waals surface area contributed by atoms with E-state index in [9.17, 15) is 14.4 Å². The fraction of sp³-hybridized carbons (Fsp3) is 0.517. The van der Waals surface area contributed by atoms with Gasteiger partial charge in [-0.05, 0) is 103 Å². The topological polar surface area (TPSA) is 78.9 Å². The third-order valence-electron chi connectivity index (χ3n) is 9.90. The zero-order chi connectivity index (χ0) is 47.9. The average Bonchev–Trinajstić information content (AvgIpc) is 3.31. The summed E-state index contributed by atoms with van der Waals surface area (Å²) in [6.45, 7) is 6.13. The van der Waals surface area contributed by atoms with Crippen LogP contribution in [-0.2, 0) is 28.6 Å². The maximum atomic E-state index is 12.8. The number of hydrogen-bond acceptors (Lipinski definition) is 6. The van der Waals surface area contributed by atoms with Crippen LogP contribution in [0.15, 0.2) is 158 Å². The highest BCUT2D eigenvalue weighted by Crippen LogP contribution is 2.12. The van der Waals surface area contributed by atoms with Crippen molar-refractivity contribution in [2.24, 2.45) is 0 Å². The Morgan fingerprint density at radius 2 is 0.652 bits per heavy atom. The van der Waals surface area contributed by atoms with Crippen LogP contribution in [0.3, 0.4) is 0 Å². The van der Waals surface area contributed by atoms with Crippen molar-refractivity contribution < 1.29 is 28.6 Å². The predicted molar refractivity (Wildman–Crippen MR) is 283 cm³/mol. The van der Waals surface area contributed by atoms with Gasteiger partial charge in [0.2, 0.25) is 0 Å². The highest BCUT2D eigenvalue weighted by atomic mass is 16.6. The summed E-state index contributed by atoms with van der Waals surface area (Å²) in [6.07, 6.45) is 76.6. The third-order valence-corrected chi connectivity index (χ3v) is 9.90. The number of rotatable bonds is 43. The Hall–Kier alpha value is -4.97. The molecule has 0 fully saturated rings. The molecule has 1 unspecified atom stereocenters. The average molecular weight is 907 g/mol. The summed E-state index contributed by atoms with van der Waals surface area (Å²) in [5.74, 6) is -1.08. The molecule has 0 aromatic carbocycles. The van der Waals surface area contributed by atoms with Gasteiger partial charge >= 0.3 is 17.9 Å². The van der Waals surface area contributed by atoms with Crippen molar-refractivity contribution in [3.05, 3.63) is 158 Å². The molecular weight excluding hydrogens is 817 g/mol. The Morgan fingerprint density at radius 1 is 0.318 bits per heavy atom. The fourth-order valence-electron chi connectivity index (χ4n) is 6.17. The Morgan fingerprint density at radius 3 is 1.14 bits per heavy atom. The van der Waals surface area contributed by atoms with E-state index >= 15 is 0 Å². The molecule has 0 saturated heterocycles. The van der Waals surface area contributed by atoms with Crippen LogP contribution in [0.25, 0.3) is 0 Å². The fourth-order valence-corrected chi connectivity index (χ4v) is 6.17. The molecule has 0 radical (unpaired) electrons. The van der Waals surface area contributed by atoms with E-state index in [1.165, 1.54) is 25.7 Å². The van der Waals surface area contributed by atoms with E-state index < -0.39 is 6.10 Å². The smallest absolute Gasteiger partial charge is 0.306 e. The number of carbonyl (C=O) groups excluding carboxylic acids is 3. The molecule has 0 aromatic rings. The van der Waals surface area contributed by atoms with E-state index in [0.717, 1.165) is 103 Å². The molecule has 66 heavy (non-hydrogen) atoms. The van der Waals surface area contributed by atoms with Gasteiger partial charge in [0.25, 0.3) is 0 Å². The first-order chi connectivity index (χ1) is 32.5. The van der Waals surface area contributed by atoms with Crippen LogP contribution in [0.5, 0.6) is 0 Å². The highest BCUT2D eigenvalue weighted by Gasteiger charge is 2.19. The van der Waals surface area contributed by atoms with Crippen LogP contribution in [0, 0.1) is 0 Å². The van der Waals surface area contributed by atoms with E-state index in [1.807, 2.05) is 60.8 Å². The monoisotopic (exact) mass is 907 g/mol. The van der Waals surface area contributed by atoms with E-state index in [0.29, 0.717) is 19.3 Å².